The molecular weight excluding hydrogens is 917 g/mol. The number of nitrogens with one attached hydrogen (secondary N) is 10. The Labute approximate surface area is 400 Å². The van der Waals surface area contributed by atoms with Gasteiger partial charge in [0.15, 0.2) is 12.3 Å². The van der Waals surface area contributed by atoms with Crippen molar-refractivity contribution in [2.75, 3.05) is 25.0 Å². The van der Waals surface area contributed by atoms with Crippen molar-refractivity contribution >= 4 is 64.8 Å². The number of carbonyl (C=O) groups is 10. The lowest BCUT2D eigenvalue weighted by molar-refractivity contribution is -0.145. The lowest BCUT2D eigenvalue weighted by Gasteiger charge is -2.34. The molecule has 12 N–H and O–H groups in total. The number of carboxylic acid groups (broad SMARTS) is 1. The third-order valence-corrected chi connectivity index (χ3v) is 13.6. The number of carbonyl (C=O) groups excluding carboxylic acids is 9. The minimum absolute atomic E-state index is 0.00497. The number of hydrogen-bond acceptors (Lipinski definition) is 14. The number of amides is 9. The SMILES string of the molecule is CC(C)C1Oc2cccc3c2N[C@@H]2Oc4c5cc6cc4[C@]32C[C@H](NC(=O)[C@H](C)NC(=O)CNC(=O)[C@@H](NC(=O)[C@@H](NC(=O)C2CCC(=O)N2)C[C@@H](C)C5)[C@@H]6O)C(=O)NCC(=O)NCC(=O)N[C@@H]1C(=O)O. The van der Waals surface area contributed by atoms with Crippen LogP contribution in [-0.2, 0) is 59.8 Å². The summed E-state index contributed by atoms with van der Waals surface area (Å²) in [6.07, 6.45) is -4.06. The molecule has 70 heavy (non-hydrogen) atoms. The minimum Gasteiger partial charge on any atom is -0.485 e. The minimum atomic E-state index is -1.84. The molecule has 0 saturated carbocycles. The fraction of sp³-hybridized carbons (Fsp3) is 0.522. The second-order valence-electron chi connectivity index (χ2n) is 19.0. The van der Waals surface area contributed by atoms with Gasteiger partial charge in [-0.2, -0.15) is 0 Å². The molecule has 1 spiro atoms. The zero-order chi connectivity index (χ0) is 50.3. The molecule has 11 atom stereocenters. The lowest BCUT2D eigenvalue weighted by atomic mass is 9.70. The molecule has 0 aromatic heterocycles. The molecular formula is C46H56N10O14. The van der Waals surface area contributed by atoms with E-state index in [0.717, 1.165) is 0 Å². The number of hydrogen-bond donors (Lipinski definition) is 12. The Morgan fingerprint density at radius 3 is 2.20 bits per heavy atom. The Kier molecular flexibility index (Phi) is 13.6. The quantitative estimate of drug-likeness (QED) is 0.143. The van der Waals surface area contributed by atoms with E-state index in [4.69, 9.17) is 9.47 Å². The number of aliphatic hydroxyl groups is 1. The fourth-order valence-corrected chi connectivity index (χ4v) is 10.1. The average Bonchev–Trinajstić information content (AvgIpc) is 3.98. The van der Waals surface area contributed by atoms with Gasteiger partial charge in [-0.1, -0.05) is 32.9 Å². The van der Waals surface area contributed by atoms with Crippen LogP contribution in [0.4, 0.5) is 5.69 Å². The highest BCUT2D eigenvalue weighted by Gasteiger charge is 2.59. The predicted octanol–water partition coefficient (Wildman–Crippen LogP) is -3.29. The van der Waals surface area contributed by atoms with Crippen LogP contribution in [0.15, 0.2) is 30.3 Å². The summed E-state index contributed by atoms with van der Waals surface area (Å²) in [5.41, 5.74) is 0.110. The van der Waals surface area contributed by atoms with Crippen molar-refractivity contribution in [1.82, 2.24) is 47.9 Å². The van der Waals surface area contributed by atoms with E-state index in [1.165, 1.54) is 6.92 Å². The zero-order valence-corrected chi connectivity index (χ0v) is 38.7. The van der Waals surface area contributed by atoms with Crippen LogP contribution in [0.1, 0.15) is 81.7 Å². The van der Waals surface area contributed by atoms with Gasteiger partial charge >= 0.3 is 5.97 Å². The van der Waals surface area contributed by atoms with Crippen molar-refractivity contribution in [3.63, 3.8) is 0 Å². The van der Waals surface area contributed by atoms with Gasteiger partial charge < -0.3 is 72.9 Å². The number of carboxylic acids is 1. The van der Waals surface area contributed by atoms with Gasteiger partial charge in [-0.05, 0) is 79.3 Å². The molecule has 9 amide bonds. The van der Waals surface area contributed by atoms with Crippen LogP contribution in [0.25, 0.3) is 0 Å². The number of para-hydroxylation sites is 1. The van der Waals surface area contributed by atoms with Crippen LogP contribution in [0.5, 0.6) is 11.5 Å². The lowest BCUT2D eigenvalue weighted by Crippen LogP contribution is -2.59. The van der Waals surface area contributed by atoms with E-state index in [9.17, 15) is 58.2 Å². The molecule has 2 aromatic carbocycles. The molecule has 1 saturated heterocycles. The summed E-state index contributed by atoms with van der Waals surface area (Å²) >= 11 is 0. The molecule has 0 radical (unpaired) electrons. The maximum atomic E-state index is 14.5. The average molecular weight is 973 g/mol. The van der Waals surface area contributed by atoms with Crippen molar-refractivity contribution in [2.45, 2.75) is 120 Å². The van der Waals surface area contributed by atoms with Gasteiger partial charge in [0.05, 0.1) is 30.7 Å². The van der Waals surface area contributed by atoms with Crippen LogP contribution in [-0.4, -0.2) is 138 Å². The zero-order valence-electron chi connectivity index (χ0n) is 38.7. The van der Waals surface area contributed by atoms with E-state index in [1.54, 1.807) is 44.2 Å². The molecule has 2 aromatic rings. The highest BCUT2D eigenvalue weighted by atomic mass is 16.5. The van der Waals surface area contributed by atoms with Gasteiger partial charge in [-0.3, -0.25) is 43.2 Å². The van der Waals surface area contributed by atoms with Gasteiger partial charge in [0.25, 0.3) is 0 Å². The van der Waals surface area contributed by atoms with Crippen LogP contribution >= 0.6 is 0 Å². The Bertz CT molecular complexity index is 2550. The smallest absolute Gasteiger partial charge is 0.330 e. The number of rotatable bonds is 4. The number of aliphatic carboxylic acids is 1. The first-order chi connectivity index (χ1) is 33.2. The standard InChI is InChI=1S/C46H56N10O14/c1-18(2)37-35(44(67)68)54-32(60)16-47-30(58)15-48-40(63)27-14-46-23-6-5-7-28(69-37)33(23)56-45(46)70-38-22-10-19(3)11-26(52-41(64)25-8-9-29(57)51-25)42(65)55-34(36(61)21(12-22)13-24(38)46)43(66)49-17-31(59)50-20(4)39(62)53-27/h5-7,12-13,18-20,25-27,34-37,45,56,61H,8-11,14-17H2,1-4H3,(H,47,58)(H,48,63)(H,49,66)(H,50,59)(H,51,57)(H,52,64)(H,53,62)(H,54,60)(H,55,65)(H,67,68)/t19-,20-,25?,26-,27-,34-,35-,36+,37?,45+,46-/m0/s1. The van der Waals surface area contributed by atoms with Crippen molar-refractivity contribution in [3.8, 4) is 11.5 Å². The number of ether oxygens (including phenoxy) is 2. The summed E-state index contributed by atoms with van der Waals surface area (Å²) in [7, 11) is 0. The molecule has 24 nitrogen and oxygen atoms in total. The molecule has 0 aliphatic carbocycles. The Hall–Kier alpha value is -7.50. The molecule has 9 bridgehead atoms. The monoisotopic (exact) mass is 972 g/mol. The molecule has 24 heteroatoms. The summed E-state index contributed by atoms with van der Waals surface area (Å²) in [5, 5.41) is 49.0. The van der Waals surface area contributed by atoms with E-state index < -0.39 is 145 Å². The summed E-state index contributed by atoms with van der Waals surface area (Å²) in [4.78, 5) is 135. The first-order valence-electron chi connectivity index (χ1n) is 23.2. The van der Waals surface area contributed by atoms with Crippen LogP contribution in [0.2, 0.25) is 0 Å². The fourth-order valence-electron chi connectivity index (χ4n) is 10.1. The summed E-state index contributed by atoms with van der Waals surface area (Å²) < 4.78 is 13.4. The maximum Gasteiger partial charge on any atom is 0.330 e. The van der Waals surface area contributed by atoms with E-state index in [2.05, 4.69) is 53.2 Å². The largest absolute Gasteiger partial charge is 0.485 e. The van der Waals surface area contributed by atoms with Crippen LogP contribution in [0, 0.1) is 11.8 Å². The van der Waals surface area contributed by atoms with E-state index in [0.29, 0.717) is 22.4 Å². The molecule has 2 unspecified atom stereocenters. The highest BCUT2D eigenvalue weighted by molar-refractivity contribution is 5.98. The molecule has 8 rings (SSSR count). The topological polar surface area (TPSA) is 350 Å². The van der Waals surface area contributed by atoms with Crippen LogP contribution in [0.3, 0.4) is 0 Å². The maximum absolute atomic E-state index is 14.5. The van der Waals surface area contributed by atoms with Gasteiger partial charge in [0.1, 0.15) is 53.9 Å². The van der Waals surface area contributed by atoms with Gasteiger partial charge in [-0.25, -0.2) is 4.79 Å². The highest BCUT2D eigenvalue weighted by Crippen LogP contribution is 2.59. The first kappa shape index (κ1) is 48.9. The summed E-state index contributed by atoms with van der Waals surface area (Å²) in [6, 6.07) is -0.359. The van der Waals surface area contributed by atoms with Crippen LogP contribution < -0.4 is 62.6 Å². The van der Waals surface area contributed by atoms with Crippen molar-refractivity contribution < 1.29 is 67.6 Å². The van der Waals surface area contributed by atoms with E-state index in [-0.39, 0.29) is 55.1 Å². The van der Waals surface area contributed by atoms with Gasteiger partial charge in [0, 0.05) is 12.0 Å². The Balaban J connectivity index is 1.33. The molecule has 6 aliphatic heterocycles. The number of fused-ring (bicyclic) bond motifs is 4. The molecule has 1 fully saturated rings. The second-order valence-corrected chi connectivity index (χ2v) is 19.0. The summed E-state index contributed by atoms with van der Waals surface area (Å²) in [6.45, 7) is 4.48. The van der Waals surface area contributed by atoms with E-state index in [1.807, 2.05) is 6.92 Å². The third-order valence-electron chi connectivity index (χ3n) is 13.6. The summed E-state index contributed by atoms with van der Waals surface area (Å²) in [5.74, 6) is -9.02. The van der Waals surface area contributed by atoms with Crippen molar-refractivity contribution in [3.05, 3.63) is 52.6 Å². The van der Waals surface area contributed by atoms with Gasteiger partial charge in [0.2, 0.25) is 53.2 Å². The van der Waals surface area contributed by atoms with Gasteiger partial charge in [-0.15, -0.1) is 0 Å². The number of benzene rings is 2. The van der Waals surface area contributed by atoms with E-state index >= 15 is 0 Å². The molecule has 374 valence electrons. The number of anilines is 1. The normalized spacial score (nSPS) is 31.5. The Morgan fingerprint density at radius 2 is 1.49 bits per heavy atom. The molecule has 6 heterocycles. The number of aliphatic hydroxyl groups excluding tert-OH is 1. The Morgan fingerprint density at radius 1 is 0.771 bits per heavy atom. The predicted molar refractivity (Wildman–Crippen MR) is 241 cm³/mol. The third kappa shape index (κ3) is 9.58. The molecule has 6 aliphatic rings. The first-order valence-corrected chi connectivity index (χ1v) is 23.2. The second kappa shape index (κ2) is 19.5. The van der Waals surface area contributed by atoms with Crippen molar-refractivity contribution in [1.29, 1.82) is 0 Å². The van der Waals surface area contributed by atoms with Crippen molar-refractivity contribution in [2.24, 2.45) is 11.8 Å².